The number of halogens is 3. The van der Waals surface area contributed by atoms with Crippen LogP contribution in [0.3, 0.4) is 0 Å². The van der Waals surface area contributed by atoms with Crippen LogP contribution in [-0.4, -0.2) is 25.7 Å². The van der Waals surface area contributed by atoms with Crippen molar-refractivity contribution in [2.45, 2.75) is 26.9 Å². The molecule has 0 bridgehead atoms. The summed E-state index contributed by atoms with van der Waals surface area (Å²) in [6.07, 6.45) is -4.78. The fourth-order valence-corrected chi connectivity index (χ4v) is 3.36. The number of nitrogens with zero attached hydrogens (tertiary/aromatic N) is 3. The summed E-state index contributed by atoms with van der Waals surface area (Å²) in [4.78, 5) is 30.0. The molecule has 4 aromatic rings. The lowest BCUT2D eigenvalue weighted by atomic mass is 10.1. The number of hydrogen-bond donors (Lipinski definition) is 2. The van der Waals surface area contributed by atoms with Crippen molar-refractivity contribution in [2.24, 2.45) is 0 Å². The average Bonchev–Trinajstić information content (AvgIpc) is 3.24. The minimum Gasteiger partial charge on any atom is -0.359 e. The summed E-state index contributed by atoms with van der Waals surface area (Å²) in [5.41, 5.74) is -2.10. The van der Waals surface area contributed by atoms with Gasteiger partial charge in [-0.15, -0.1) is 0 Å². The standard InChI is InChI=1S/C20H16F3N5O3/c1-9-13(18(29)25-15-10(2)27-31-11(15)3)19(30)28-17(24-9)14(12-7-5-4-6-8-12)16(26-28)20(21,22)23/h4-8,26H,1-3H3,(H,25,29). The Bertz CT molecular complexity index is 1350. The van der Waals surface area contributed by atoms with Crippen molar-refractivity contribution in [3.8, 4) is 11.1 Å². The van der Waals surface area contributed by atoms with E-state index in [2.05, 4.69) is 20.6 Å². The first-order valence-electron chi connectivity index (χ1n) is 9.11. The van der Waals surface area contributed by atoms with Gasteiger partial charge >= 0.3 is 6.18 Å². The second kappa shape index (κ2) is 7.11. The zero-order valence-corrected chi connectivity index (χ0v) is 16.6. The van der Waals surface area contributed by atoms with Crippen LogP contribution in [0.25, 0.3) is 16.8 Å². The molecule has 2 N–H and O–H groups in total. The molecule has 8 nitrogen and oxygen atoms in total. The molecule has 0 radical (unpaired) electrons. The third-order valence-corrected chi connectivity index (χ3v) is 4.81. The summed E-state index contributed by atoms with van der Waals surface area (Å²) < 4.78 is 46.8. The Balaban J connectivity index is 1.94. The molecule has 0 spiro atoms. The summed E-state index contributed by atoms with van der Waals surface area (Å²) in [7, 11) is 0. The number of anilines is 1. The topological polar surface area (TPSA) is 105 Å². The Morgan fingerprint density at radius 1 is 1.13 bits per heavy atom. The van der Waals surface area contributed by atoms with Crippen molar-refractivity contribution < 1.29 is 22.5 Å². The Morgan fingerprint density at radius 3 is 2.39 bits per heavy atom. The van der Waals surface area contributed by atoms with Crippen molar-refractivity contribution in [1.29, 1.82) is 0 Å². The number of nitrogens with one attached hydrogen (secondary N) is 2. The minimum atomic E-state index is -4.78. The highest BCUT2D eigenvalue weighted by molar-refractivity contribution is 6.05. The average molecular weight is 431 g/mol. The van der Waals surface area contributed by atoms with Gasteiger partial charge < -0.3 is 9.84 Å². The van der Waals surface area contributed by atoms with E-state index in [1.54, 1.807) is 32.0 Å². The van der Waals surface area contributed by atoms with Gasteiger partial charge in [-0.2, -0.15) is 17.7 Å². The zero-order chi connectivity index (χ0) is 22.5. The normalized spacial score (nSPS) is 11.8. The number of carbonyl (C=O) groups is 1. The Kier molecular flexibility index (Phi) is 4.68. The van der Waals surface area contributed by atoms with Gasteiger partial charge in [-0.1, -0.05) is 35.5 Å². The fourth-order valence-electron chi connectivity index (χ4n) is 3.36. The number of fused-ring (bicyclic) bond motifs is 1. The molecule has 0 fully saturated rings. The molecule has 0 unspecified atom stereocenters. The molecule has 0 saturated carbocycles. The predicted octanol–water partition coefficient (Wildman–Crippen LogP) is 3.87. The number of benzene rings is 1. The molecule has 0 atom stereocenters. The minimum absolute atomic E-state index is 0.0147. The molecule has 0 aliphatic rings. The molecule has 3 heterocycles. The molecule has 1 amide bonds. The highest BCUT2D eigenvalue weighted by Gasteiger charge is 2.38. The second-order valence-corrected chi connectivity index (χ2v) is 6.92. The van der Waals surface area contributed by atoms with E-state index in [4.69, 9.17) is 4.52 Å². The van der Waals surface area contributed by atoms with Crippen LogP contribution >= 0.6 is 0 Å². The number of aryl methyl sites for hydroxylation is 3. The highest BCUT2D eigenvalue weighted by Crippen LogP contribution is 2.38. The summed E-state index contributed by atoms with van der Waals surface area (Å²) >= 11 is 0. The quantitative estimate of drug-likeness (QED) is 0.512. The number of H-pyrrole nitrogens is 1. The maximum atomic E-state index is 13.7. The molecule has 1 aromatic carbocycles. The van der Waals surface area contributed by atoms with Crippen molar-refractivity contribution in [2.75, 3.05) is 5.32 Å². The van der Waals surface area contributed by atoms with E-state index in [1.165, 1.54) is 19.1 Å². The predicted molar refractivity (Wildman–Crippen MR) is 105 cm³/mol. The first-order chi connectivity index (χ1) is 14.6. The molecule has 4 rings (SSSR count). The summed E-state index contributed by atoms with van der Waals surface area (Å²) in [5.74, 6) is -0.508. The molecule has 31 heavy (non-hydrogen) atoms. The lowest BCUT2D eigenvalue weighted by Gasteiger charge is -2.08. The number of rotatable bonds is 3. The van der Waals surface area contributed by atoms with Gasteiger partial charge in [0.1, 0.15) is 22.6 Å². The third-order valence-electron chi connectivity index (χ3n) is 4.81. The van der Waals surface area contributed by atoms with E-state index in [0.29, 0.717) is 16.0 Å². The number of alkyl halides is 3. The summed E-state index contributed by atoms with van der Waals surface area (Å²) in [6.45, 7) is 4.56. The van der Waals surface area contributed by atoms with Crippen LogP contribution in [-0.2, 0) is 6.18 Å². The van der Waals surface area contributed by atoms with Gasteiger partial charge in [-0.3, -0.25) is 14.7 Å². The largest absolute Gasteiger partial charge is 0.433 e. The first-order valence-corrected chi connectivity index (χ1v) is 9.11. The molecule has 160 valence electrons. The van der Waals surface area contributed by atoms with Crippen molar-refractivity contribution in [3.63, 3.8) is 0 Å². The highest BCUT2D eigenvalue weighted by atomic mass is 19.4. The van der Waals surface area contributed by atoms with Crippen LogP contribution in [0.4, 0.5) is 18.9 Å². The van der Waals surface area contributed by atoms with Crippen LogP contribution < -0.4 is 10.9 Å². The fraction of sp³-hybridized carbons (Fsp3) is 0.200. The second-order valence-electron chi connectivity index (χ2n) is 6.92. The number of hydrogen-bond acceptors (Lipinski definition) is 5. The van der Waals surface area contributed by atoms with E-state index in [1.807, 2.05) is 0 Å². The molecular weight excluding hydrogens is 415 g/mol. The van der Waals surface area contributed by atoms with Gasteiger partial charge in [-0.05, 0) is 26.3 Å². The SMILES string of the molecule is Cc1noc(C)c1NC(=O)c1c(C)nc2c(-c3ccccc3)c(C(F)(F)F)[nH]n2c1=O. The third kappa shape index (κ3) is 3.37. The summed E-state index contributed by atoms with van der Waals surface area (Å²) in [6, 6.07) is 7.79. The van der Waals surface area contributed by atoms with Crippen LogP contribution in [0.2, 0.25) is 0 Å². The smallest absolute Gasteiger partial charge is 0.359 e. The van der Waals surface area contributed by atoms with E-state index < -0.39 is 28.9 Å². The van der Waals surface area contributed by atoms with Gasteiger partial charge in [-0.25, -0.2) is 4.98 Å². The zero-order valence-electron chi connectivity index (χ0n) is 16.6. The Morgan fingerprint density at radius 2 is 1.81 bits per heavy atom. The van der Waals surface area contributed by atoms with Crippen LogP contribution in [0.1, 0.15) is 33.2 Å². The molecule has 0 aliphatic carbocycles. The van der Waals surface area contributed by atoms with Crippen LogP contribution in [0, 0.1) is 20.8 Å². The lowest BCUT2D eigenvalue weighted by Crippen LogP contribution is -2.29. The van der Waals surface area contributed by atoms with Crippen LogP contribution in [0.15, 0.2) is 39.6 Å². The summed E-state index contributed by atoms with van der Waals surface area (Å²) in [5, 5.41) is 8.31. The number of aromatic nitrogens is 4. The molecule has 11 heteroatoms. The van der Waals surface area contributed by atoms with E-state index in [0.717, 1.165) is 0 Å². The maximum Gasteiger partial charge on any atom is 0.433 e. The van der Waals surface area contributed by atoms with Crippen LogP contribution in [0.5, 0.6) is 0 Å². The van der Waals surface area contributed by atoms with Gasteiger partial charge in [0.25, 0.3) is 11.5 Å². The van der Waals surface area contributed by atoms with Gasteiger partial charge in [0.2, 0.25) is 0 Å². The van der Waals surface area contributed by atoms with Crippen molar-refractivity contribution in [1.82, 2.24) is 19.8 Å². The van der Waals surface area contributed by atoms with E-state index in [9.17, 15) is 22.8 Å². The lowest BCUT2D eigenvalue weighted by molar-refractivity contribution is -0.140. The van der Waals surface area contributed by atoms with Gasteiger partial charge in [0, 0.05) is 0 Å². The van der Waals surface area contributed by atoms with Gasteiger partial charge in [0.05, 0.1) is 11.3 Å². The molecule has 0 saturated heterocycles. The maximum absolute atomic E-state index is 13.7. The molecule has 3 aromatic heterocycles. The van der Waals surface area contributed by atoms with Crippen molar-refractivity contribution in [3.05, 3.63) is 69.1 Å². The monoisotopic (exact) mass is 431 g/mol. The number of amides is 1. The number of carbonyl (C=O) groups excluding carboxylic acids is 1. The van der Waals surface area contributed by atoms with Gasteiger partial charge in [0.15, 0.2) is 11.4 Å². The first kappa shape index (κ1) is 20.4. The number of aromatic amines is 1. The molecular formula is C20H16F3N5O3. The van der Waals surface area contributed by atoms with Crippen molar-refractivity contribution >= 4 is 17.2 Å². The van der Waals surface area contributed by atoms with E-state index >= 15 is 0 Å². The van der Waals surface area contributed by atoms with E-state index in [-0.39, 0.29) is 28.2 Å². The Hall–Kier alpha value is -3.89. The molecule has 0 aliphatic heterocycles. The Labute approximate surface area is 172 Å².